The number of piperidine rings is 1. The molecule has 0 N–H and O–H groups in total. The summed E-state index contributed by atoms with van der Waals surface area (Å²) in [6.07, 6.45) is 8.37. The van der Waals surface area contributed by atoms with Crippen LogP contribution in [-0.4, -0.2) is 27.7 Å². The number of hydrogen-bond donors (Lipinski definition) is 0. The highest BCUT2D eigenvalue weighted by Crippen LogP contribution is 2.33. The average molecular weight is 332 g/mol. The van der Waals surface area contributed by atoms with Crippen molar-refractivity contribution in [2.24, 2.45) is 5.92 Å². The van der Waals surface area contributed by atoms with Gasteiger partial charge in [-0.05, 0) is 49.1 Å². The lowest BCUT2D eigenvalue weighted by Gasteiger charge is -2.33. The topological polar surface area (TPSA) is 33.4 Å². The Morgan fingerprint density at radius 1 is 0.920 bits per heavy atom. The lowest BCUT2D eigenvalue weighted by atomic mass is 9.89. The molecule has 0 spiro atoms. The van der Waals surface area contributed by atoms with E-state index in [-0.39, 0.29) is 0 Å². The second-order valence-corrected chi connectivity index (χ2v) is 7.55. The highest BCUT2D eigenvalue weighted by molar-refractivity contribution is 5.56. The predicted molar refractivity (Wildman–Crippen MR) is 100 cm³/mol. The lowest BCUT2D eigenvalue weighted by molar-refractivity contribution is 0.505. The Morgan fingerprint density at radius 3 is 2.48 bits per heavy atom. The summed E-state index contributed by atoms with van der Waals surface area (Å²) in [4.78, 5) is 2.49. The van der Waals surface area contributed by atoms with E-state index in [4.69, 9.17) is 0 Å². The van der Waals surface area contributed by atoms with Gasteiger partial charge in [-0.15, -0.1) is 10.2 Å². The maximum Gasteiger partial charge on any atom is 0.162 e. The van der Waals surface area contributed by atoms with Gasteiger partial charge in [0.15, 0.2) is 5.65 Å². The quantitative estimate of drug-likeness (QED) is 0.722. The van der Waals surface area contributed by atoms with E-state index >= 15 is 0 Å². The molecule has 2 aromatic heterocycles. The summed E-state index contributed by atoms with van der Waals surface area (Å²) in [5.74, 6) is 2.65. The van der Waals surface area contributed by atoms with E-state index in [2.05, 4.69) is 68.2 Å². The molecule has 2 fully saturated rings. The molecule has 0 radical (unpaired) electrons. The summed E-state index contributed by atoms with van der Waals surface area (Å²) in [6, 6.07) is 15.4. The largest absolute Gasteiger partial charge is 0.371 e. The fourth-order valence-electron chi connectivity index (χ4n) is 4.04. The molecule has 0 unspecified atom stereocenters. The minimum Gasteiger partial charge on any atom is -0.371 e. The summed E-state index contributed by atoms with van der Waals surface area (Å²) in [5, 5.41) is 8.81. The van der Waals surface area contributed by atoms with Crippen molar-refractivity contribution in [1.29, 1.82) is 0 Å². The van der Waals surface area contributed by atoms with Gasteiger partial charge in [-0.1, -0.05) is 30.3 Å². The molecular weight excluding hydrogens is 308 g/mol. The van der Waals surface area contributed by atoms with Gasteiger partial charge >= 0.3 is 0 Å². The summed E-state index contributed by atoms with van der Waals surface area (Å²) in [6.45, 7) is 2.22. The number of fused-ring (bicyclic) bond motifs is 1. The normalized spacial score (nSPS) is 18.8. The monoisotopic (exact) mass is 332 g/mol. The zero-order valence-electron chi connectivity index (χ0n) is 14.5. The number of hydrogen-bond acceptors (Lipinski definition) is 3. The van der Waals surface area contributed by atoms with Crippen LogP contribution in [0.1, 0.15) is 43.0 Å². The molecule has 3 heterocycles. The predicted octanol–water partition coefficient (Wildman–Crippen LogP) is 4.07. The number of aromatic nitrogens is 3. The second kappa shape index (κ2) is 6.17. The maximum absolute atomic E-state index is 4.41. The van der Waals surface area contributed by atoms with Gasteiger partial charge in [0.05, 0.1) is 0 Å². The molecule has 1 saturated carbocycles. The minimum atomic E-state index is 0.694. The fraction of sp³-hybridized carbons (Fsp3) is 0.429. The van der Waals surface area contributed by atoms with E-state index in [9.17, 15) is 0 Å². The molecule has 0 bridgehead atoms. The van der Waals surface area contributed by atoms with Crippen molar-refractivity contribution in [2.75, 3.05) is 18.0 Å². The van der Waals surface area contributed by atoms with Crippen molar-refractivity contribution >= 4 is 11.3 Å². The van der Waals surface area contributed by atoms with Gasteiger partial charge in [-0.25, -0.2) is 0 Å². The molecule has 25 heavy (non-hydrogen) atoms. The van der Waals surface area contributed by atoms with Crippen LogP contribution in [0.5, 0.6) is 0 Å². The maximum atomic E-state index is 4.41. The third kappa shape index (κ3) is 3.01. The molecule has 3 aromatic rings. The Balaban J connectivity index is 1.30. The standard InChI is InChI=1S/C21H24N4/c1-2-4-17(5-3-1)18-8-11-24(12-9-18)19-10-13-25-20(14-16-6-7-16)22-23-21(25)15-19/h1-5,10,13,15-16,18H,6-9,11-12,14H2. The number of rotatable bonds is 4. The van der Waals surface area contributed by atoms with Crippen molar-refractivity contribution in [3.05, 3.63) is 60.0 Å². The third-order valence-electron chi connectivity index (χ3n) is 5.76. The zero-order valence-corrected chi connectivity index (χ0v) is 14.5. The van der Waals surface area contributed by atoms with Gasteiger partial charge in [0, 0.05) is 37.5 Å². The third-order valence-corrected chi connectivity index (χ3v) is 5.76. The Morgan fingerprint density at radius 2 is 1.72 bits per heavy atom. The molecular formula is C21H24N4. The SMILES string of the molecule is c1ccc(C2CCN(c3ccn4c(CC5CC5)nnc4c3)CC2)cc1. The van der Waals surface area contributed by atoms with Crippen molar-refractivity contribution in [3.8, 4) is 0 Å². The highest BCUT2D eigenvalue weighted by Gasteiger charge is 2.24. The van der Waals surface area contributed by atoms with Crippen molar-refractivity contribution in [3.63, 3.8) is 0 Å². The second-order valence-electron chi connectivity index (χ2n) is 7.55. The van der Waals surface area contributed by atoms with Crippen LogP contribution in [0.25, 0.3) is 5.65 Å². The number of benzene rings is 1. The fourth-order valence-corrected chi connectivity index (χ4v) is 4.04. The summed E-state index contributed by atoms with van der Waals surface area (Å²) >= 11 is 0. The summed E-state index contributed by atoms with van der Waals surface area (Å²) < 4.78 is 2.17. The lowest BCUT2D eigenvalue weighted by Crippen LogP contribution is -2.32. The molecule has 1 aliphatic carbocycles. The molecule has 4 heteroatoms. The van der Waals surface area contributed by atoms with Crippen LogP contribution in [0, 0.1) is 5.92 Å². The Bertz CT molecular complexity index is 858. The van der Waals surface area contributed by atoms with E-state index in [1.165, 1.54) is 36.9 Å². The molecule has 5 rings (SSSR count). The Hall–Kier alpha value is -2.36. The molecule has 1 saturated heterocycles. The van der Waals surface area contributed by atoms with Crippen LogP contribution in [0.2, 0.25) is 0 Å². The van der Waals surface area contributed by atoms with E-state index in [1.54, 1.807) is 0 Å². The molecule has 0 amide bonds. The highest BCUT2D eigenvalue weighted by atomic mass is 15.2. The van der Waals surface area contributed by atoms with Gasteiger partial charge in [0.2, 0.25) is 0 Å². The summed E-state index contributed by atoms with van der Waals surface area (Å²) in [5.41, 5.74) is 3.75. The Labute approximate surface area is 148 Å². The van der Waals surface area contributed by atoms with Gasteiger partial charge in [0.1, 0.15) is 5.82 Å². The molecule has 4 nitrogen and oxygen atoms in total. The number of nitrogens with zero attached hydrogens (tertiary/aromatic N) is 4. The zero-order chi connectivity index (χ0) is 16.6. The van der Waals surface area contributed by atoms with Gasteiger partial charge < -0.3 is 4.90 Å². The average Bonchev–Trinajstić information content (AvgIpc) is 3.41. The van der Waals surface area contributed by atoms with Gasteiger partial charge in [-0.2, -0.15) is 0 Å². The van der Waals surface area contributed by atoms with Crippen LogP contribution in [0.3, 0.4) is 0 Å². The van der Waals surface area contributed by atoms with E-state index in [1.807, 2.05) is 0 Å². The van der Waals surface area contributed by atoms with Crippen LogP contribution in [0.15, 0.2) is 48.7 Å². The first kappa shape index (κ1) is 14.9. The summed E-state index contributed by atoms with van der Waals surface area (Å²) in [7, 11) is 0. The van der Waals surface area contributed by atoms with Gasteiger partial charge in [0.25, 0.3) is 0 Å². The van der Waals surface area contributed by atoms with Crippen LogP contribution < -0.4 is 4.90 Å². The van der Waals surface area contributed by atoms with E-state index in [0.29, 0.717) is 5.92 Å². The Kier molecular flexibility index (Phi) is 3.69. The molecule has 2 aliphatic rings. The first-order valence-corrected chi connectivity index (χ1v) is 9.50. The van der Waals surface area contributed by atoms with Crippen LogP contribution >= 0.6 is 0 Å². The molecule has 0 atom stereocenters. The minimum absolute atomic E-state index is 0.694. The molecule has 128 valence electrons. The van der Waals surface area contributed by atoms with Crippen molar-refractivity contribution < 1.29 is 0 Å². The molecule has 1 aromatic carbocycles. The number of anilines is 1. The number of pyridine rings is 1. The van der Waals surface area contributed by atoms with Crippen LogP contribution in [0.4, 0.5) is 5.69 Å². The van der Waals surface area contributed by atoms with Crippen molar-refractivity contribution in [1.82, 2.24) is 14.6 Å². The van der Waals surface area contributed by atoms with Crippen molar-refractivity contribution in [2.45, 2.75) is 38.0 Å². The van der Waals surface area contributed by atoms with Gasteiger partial charge in [-0.3, -0.25) is 4.40 Å². The first-order chi connectivity index (χ1) is 12.4. The molecule has 1 aliphatic heterocycles. The van der Waals surface area contributed by atoms with Crippen LogP contribution in [-0.2, 0) is 6.42 Å². The smallest absolute Gasteiger partial charge is 0.162 e. The van der Waals surface area contributed by atoms with E-state index in [0.717, 1.165) is 36.9 Å². The first-order valence-electron chi connectivity index (χ1n) is 9.50. The van der Waals surface area contributed by atoms with E-state index < -0.39 is 0 Å².